The molecule has 1 aliphatic heterocycles. The number of rotatable bonds is 1. The molecule has 0 aromatic heterocycles. The Bertz CT molecular complexity index is 230. The lowest BCUT2D eigenvalue weighted by Gasteiger charge is -2.44. The van der Waals surface area contributed by atoms with Gasteiger partial charge in [-0.15, -0.1) is 0 Å². The Balaban J connectivity index is 1.93. The van der Waals surface area contributed by atoms with Crippen LogP contribution in [0.5, 0.6) is 0 Å². The molecule has 86 valence electrons. The van der Waals surface area contributed by atoms with Crippen LogP contribution in [0.25, 0.3) is 0 Å². The third kappa shape index (κ3) is 2.62. The molecule has 1 saturated carbocycles. The maximum Gasteiger partial charge on any atom is 0.312 e. The quantitative estimate of drug-likeness (QED) is 0.608. The smallest absolute Gasteiger partial charge is 0.312 e. The molecule has 1 spiro atoms. The number of hydrogen-bond acceptors (Lipinski definition) is 2. The number of primary amides is 1. The molecule has 2 rings (SSSR count). The van der Waals surface area contributed by atoms with Crippen molar-refractivity contribution in [2.75, 3.05) is 6.54 Å². The highest BCUT2D eigenvalue weighted by Gasteiger charge is 2.37. The minimum atomic E-state index is -0.382. The van der Waals surface area contributed by atoms with E-state index in [2.05, 4.69) is 10.6 Å². The Labute approximate surface area is 91.0 Å². The minimum absolute atomic E-state index is 0.279. The van der Waals surface area contributed by atoms with Crippen LogP contribution in [0.2, 0.25) is 0 Å². The summed E-state index contributed by atoms with van der Waals surface area (Å²) >= 11 is 0. The maximum absolute atomic E-state index is 10.8. The molecule has 0 bridgehead atoms. The first-order valence-corrected chi connectivity index (χ1v) is 6.01. The van der Waals surface area contributed by atoms with Crippen molar-refractivity contribution in [3.05, 3.63) is 0 Å². The molecule has 1 unspecified atom stereocenters. The van der Waals surface area contributed by atoms with Gasteiger partial charge in [-0.05, 0) is 32.2 Å². The van der Waals surface area contributed by atoms with E-state index in [4.69, 9.17) is 5.73 Å². The van der Waals surface area contributed by atoms with E-state index in [-0.39, 0.29) is 12.1 Å². The summed E-state index contributed by atoms with van der Waals surface area (Å²) in [6.07, 6.45) is 8.55. The molecule has 0 aromatic carbocycles. The summed E-state index contributed by atoms with van der Waals surface area (Å²) in [5.74, 6) is 0. The Hall–Kier alpha value is -0.770. The van der Waals surface area contributed by atoms with Crippen molar-refractivity contribution >= 4 is 6.03 Å². The number of nitrogens with one attached hydrogen (secondary N) is 2. The van der Waals surface area contributed by atoms with E-state index in [1.54, 1.807) is 0 Å². The van der Waals surface area contributed by atoms with Crippen LogP contribution in [-0.2, 0) is 0 Å². The van der Waals surface area contributed by atoms with Crippen molar-refractivity contribution in [3.8, 4) is 0 Å². The van der Waals surface area contributed by atoms with Crippen LogP contribution in [0, 0.1) is 0 Å². The predicted octanol–water partition coefficient (Wildman–Crippen LogP) is 1.11. The van der Waals surface area contributed by atoms with Crippen molar-refractivity contribution in [2.45, 2.75) is 56.5 Å². The summed E-state index contributed by atoms with van der Waals surface area (Å²) in [5.41, 5.74) is 5.47. The number of urea groups is 1. The number of piperidine rings is 1. The molecule has 2 aliphatic rings. The molecule has 1 aliphatic carbocycles. The number of nitrogens with two attached hydrogens (primary N) is 1. The average molecular weight is 211 g/mol. The predicted molar refractivity (Wildman–Crippen MR) is 59.6 cm³/mol. The molecule has 15 heavy (non-hydrogen) atoms. The fourth-order valence-electron chi connectivity index (χ4n) is 3.09. The number of carbonyl (C=O) groups is 1. The lowest BCUT2D eigenvalue weighted by Crippen LogP contribution is -2.57. The fraction of sp³-hybridized carbons (Fsp3) is 0.909. The Morgan fingerprint density at radius 2 is 2.07 bits per heavy atom. The highest BCUT2D eigenvalue weighted by atomic mass is 16.2. The molecule has 2 fully saturated rings. The average Bonchev–Trinajstić information content (AvgIpc) is 2.17. The monoisotopic (exact) mass is 211 g/mol. The van der Waals surface area contributed by atoms with Crippen LogP contribution >= 0.6 is 0 Å². The molecule has 1 heterocycles. The molecule has 0 radical (unpaired) electrons. The topological polar surface area (TPSA) is 67.2 Å². The standard InChI is InChI=1S/C11H21N3O/c12-10(15)14-9-4-7-13-11(8-9)5-2-1-3-6-11/h9,13H,1-8H2,(H3,12,14,15). The van der Waals surface area contributed by atoms with Gasteiger partial charge >= 0.3 is 6.03 Å². The maximum atomic E-state index is 10.8. The summed E-state index contributed by atoms with van der Waals surface area (Å²) < 4.78 is 0. The largest absolute Gasteiger partial charge is 0.352 e. The molecule has 4 N–H and O–H groups in total. The van der Waals surface area contributed by atoms with E-state index < -0.39 is 0 Å². The first kappa shape index (κ1) is 10.7. The van der Waals surface area contributed by atoms with Crippen molar-refractivity contribution in [2.24, 2.45) is 5.73 Å². The zero-order valence-corrected chi connectivity index (χ0v) is 9.22. The van der Waals surface area contributed by atoms with Gasteiger partial charge in [-0.3, -0.25) is 0 Å². The van der Waals surface area contributed by atoms with Gasteiger partial charge in [0.05, 0.1) is 0 Å². The van der Waals surface area contributed by atoms with Crippen molar-refractivity contribution in [1.29, 1.82) is 0 Å². The van der Waals surface area contributed by atoms with E-state index in [1.165, 1.54) is 32.1 Å². The van der Waals surface area contributed by atoms with Crippen LogP contribution in [0.4, 0.5) is 4.79 Å². The lowest BCUT2D eigenvalue weighted by molar-refractivity contribution is 0.158. The van der Waals surface area contributed by atoms with Crippen LogP contribution < -0.4 is 16.4 Å². The van der Waals surface area contributed by atoms with Gasteiger partial charge in [0, 0.05) is 11.6 Å². The van der Waals surface area contributed by atoms with Gasteiger partial charge in [0.15, 0.2) is 0 Å². The van der Waals surface area contributed by atoms with Gasteiger partial charge < -0.3 is 16.4 Å². The van der Waals surface area contributed by atoms with E-state index in [0.717, 1.165) is 19.4 Å². The molecule has 4 nitrogen and oxygen atoms in total. The molecule has 0 aromatic rings. The Morgan fingerprint density at radius 3 is 2.73 bits per heavy atom. The van der Waals surface area contributed by atoms with E-state index in [9.17, 15) is 4.79 Å². The highest BCUT2D eigenvalue weighted by molar-refractivity contribution is 5.71. The van der Waals surface area contributed by atoms with E-state index in [0.29, 0.717) is 5.54 Å². The van der Waals surface area contributed by atoms with Crippen LogP contribution in [-0.4, -0.2) is 24.2 Å². The van der Waals surface area contributed by atoms with Crippen LogP contribution in [0.3, 0.4) is 0 Å². The van der Waals surface area contributed by atoms with Gasteiger partial charge in [0.2, 0.25) is 0 Å². The van der Waals surface area contributed by atoms with Gasteiger partial charge in [-0.2, -0.15) is 0 Å². The zero-order chi connectivity index (χ0) is 10.7. The number of hydrogen-bond donors (Lipinski definition) is 3. The first-order valence-electron chi connectivity index (χ1n) is 6.01. The van der Waals surface area contributed by atoms with Crippen molar-refractivity contribution < 1.29 is 4.79 Å². The molecule has 2 amide bonds. The third-order valence-electron chi connectivity index (χ3n) is 3.79. The molecular formula is C11H21N3O. The summed E-state index contributed by atoms with van der Waals surface area (Å²) in [6.45, 7) is 1.00. The second-order valence-corrected chi connectivity index (χ2v) is 4.97. The van der Waals surface area contributed by atoms with Crippen molar-refractivity contribution in [3.63, 3.8) is 0 Å². The summed E-state index contributed by atoms with van der Waals surface area (Å²) in [6, 6.07) is -0.102. The normalized spacial score (nSPS) is 30.0. The van der Waals surface area contributed by atoms with Crippen molar-refractivity contribution in [1.82, 2.24) is 10.6 Å². The molecule has 1 saturated heterocycles. The third-order valence-corrected chi connectivity index (χ3v) is 3.79. The van der Waals surface area contributed by atoms with E-state index in [1.807, 2.05) is 0 Å². The summed E-state index contributed by atoms with van der Waals surface area (Å²) in [4.78, 5) is 10.8. The number of carbonyl (C=O) groups excluding carboxylic acids is 1. The highest BCUT2D eigenvalue weighted by Crippen LogP contribution is 2.34. The van der Waals surface area contributed by atoms with Crippen LogP contribution in [0.15, 0.2) is 0 Å². The second kappa shape index (κ2) is 4.39. The summed E-state index contributed by atoms with van der Waals surface area (Å²) in [7, 11) is 0. The van der Waals surface area contributed by atoms with Gasteiger partial charge in [-0.1, -0.05) is 19.3 Å². The first-order chi connectivity index (χ1) is 7.20. The van der Waals surface area contributed by atoms with Gasteiger partial charge in [0.25, 0.3) is 0 Å². The Morgan fingerprint density at radius 1 is 1.33 bits per heavy atom. The van der Waals surface area contributed by atoms with Gasteiger partial charge in [-0.25, -0.2) is 4.79 Å². The fourth-order valence-corrected chi connectivity index (χ4v) is 3.09. The van der Waals surface area contributed by atoms with E-state index >= 15 is 0 Å². The SMILES string of the molecule is NC(=O)NC1CCNC2(CCCCC2)C1. The Kier molecular flexibility index (Phi) is 3.14. The number of amides is 2. The van der Waals surface area contributed by atoms with Crippen LogP contribution in [0.1, 0.15) is 44.9 Å². The zero-order valence-electron chi connectivity index (χ0n) is 9.22. The van der Waals surface area contributed by atoms with Gasteiger partial charge in [0.1, 0.15) is 0 Å². The molecule has 1 atom stereocenters. The molecule has 4 heteroatoms. The molecular weight excluding hydrogens is 190 g/mol. The minimum Gasteiger partial charge on any atom is -0.352 e. The summed E-state index contributed by atoms with van der Waals surface area (Å²) in [5, 5.41) is 6.50. The lowest BCUT2D eigenvalue weighted by atomic mass is 9.75. The second-order valence-electron chi connectivity index (χ2n) is 4.97.